The average molecular weight is 536 g/mol. The van der Waals surface area contributed by atoms with Gasteiger partial charge in [0.15, 0.2) is 0 Å². The quantitative estimate of drug-likeness (QED) is 0.189. The first-order valence-electron chi connectivity index (χ1n) is 15.7. The zero-order valence-corrected chi connectivity index (χ0v) is 24.8. The van der Waals surface area contributed by atoms with Crippen LogP contribution < -0.4 is 0 Å². The van der Waals surface area contributed by atoms with Crippen molar-refractivity contribution in [2.24, 2.45) is 46.3 Å². The maximum absolute atomic E-state index is 12.8. The molecule has 0 bridgehead atoms. The van der Waals surface area contributed by atoms with E-state index in [4.69, 9.17) is 4.74 Å². The lowest BCUT2D eigenvalue weighted by molar-refractivity contribution is -0.434. The number of rotatable bonds is 8. The lowest BCUT2D eigenvalue weighted by Crippen LogP contribution is -2.52. The van der Waals surface area contributed by atoms with E-state index in [1.54, 1.807) is 12.1 Å². The molecule has 8 atom stereocenters. The summed E-state index contributed by atoms with van der Waals surface area (Å²) >= 11 is 0. The third-order valence-corrected chi connectivity index (χ3v) is 11.8. The van der Waals surface area contributed by atoms with Crippen molar-refractivity contribution in [3.05, 3.63) is 57.3 Å². The second-order valence-corrected chi connectivity index (χ2v) is 14.3. The lowest BCUT2D eigenvalue weighted by atomic mass is 9.46. The molecule has 0 N–H and O–H groups in total. The van der Waals surface area contributed by atoms with Crippen LogP contribution in [0.25, 0.3) is 0 Å². The predicted molar refractivity (Wildman–Crippen MR) is 155 cm³/mol. The van der Waals surface area contributed by atoms with Gasteiger partial charge in [-0.2, -0.15) is 0 Å². The second-order valence-electron chi connectivity index (χ2n) is 14.3. The Morgan fingerprint density at radius 1 is 1.00 bits per heavy atom. The average Bonchev–Trinajstić information content (AvgIpc) is 3.26. The van der Waals surface area contributed by atoms with Crippen molar-refractivity contribution in [1.82, 2.24) is 0 Å². The molecule has 0 amide bonds. The molecule has 3 saturated carbocycles. The van der Waals surface area contributed by atoms with Crippen molar-refractivity contribution in [3.63, 3.8) is 0 Å². The number of carbonyl (C=O) groups is 1. The van der Waals surface area contributed by atoms with Gasteiger partial charge >= 0.3 is 5.97 Å². The minimum absolute atomic E-state index is 0.0852. The van der Waals surface area contributed by atoms with Crippen LogP contribution in [0.2, 0.25) is 0 Å². The number of carbonyl (C=O) groups excluding carboxylic acids is 1. The minimum Gasteiger partial charge on any atom is -0.458 e. The Morgan fingerprint density at radius 3 is 2.44 bits per heavy atom. The van der Waals surface area contributed by atoms with Crippen LogP contribution in [-0.2, 0) is 4.74 Å². The number of nitrogens with zero attached hydrogens (tertiary/aromatic N) is 1. The van der Waals surface area contributed by atoms with E-state index in [9.17, 15) is 14.9 Å². The molecule has 3 fully saturated rings. The number of allylic oxidation sites excluding steroid dienone is 1. The van der Waals surface area contributed by atoms with E-state index in [0.717, 1.165) is 36.2 Å². The molecule has 39 heavy (non-hydrogen) atoms. The van der Waals surface area contributed by atoms with Crippen molar-refractivity contribution in [1.29, 1.82) is 0 Å². The van der Waals surface area contributed by atoms with Crippen LogP contribution in [0.5, 0.6) is 0 Å². The SMILES string of the molecule is CC(C)CCC[C@H](C)[C@@H]1CC[C@@H]2[C@H]3CC([N+](=O)[O-])=C4C[C@@H](OC(=O)c5ccccc5)CC[C@]4(C)[C@@H]3CC[C@@]21C. The Hall–Kier alpha value is -2.17. The fourth-order valence-electron chi connectivity index (χ4n) is 9.84. The summed E-state index contributed by atoms with van der Waals surface area (Å²) in [6.45, 7) is 12.0. The molecule has 5 heteroatoms. The van der Waals surface area contributed by atoms with Crippen molar-refractivity contribution in [3.8, 4) is 0 Å². The number of hydrogen-bond acceptors (Lipinski definition) is 4. The number of fused-ring (bicyclic) bond motifs is 5. The van der Waals surface area contributed by atoms with Crippen LogP contribution in [0.15, 0.2) is 41.6 Å². The van der Waals surface area contributed by atoms with Crippen LogP contribution >= 0.6 is 0 Å². The summed E-state index contributed by atoms with van der Waals surface area (Å²) in [5.74, 6) is 3.38. The standard InChI is InChI=1S/C34H49NO4/c1-22(2)10-9-11-23(3)27-14-15-28-26-21-31(35(37)38)30-20-25(39-32(36)24-12-7-6-8-13-24)16-18-34(30,5)29(26)17-19-33(27,28)4/h6-8,12-13,22-23,25-29H,9-11,14-21H2,1-5H3/t23-,25-,26+,27-,28+,29+,33+,34+/m0/s1. The van der Waals surface area contributed by atoms with E-state index in [2.05, 4.69) is 34.6 Å². The summed E-state index contributed by atoms with van der Waals surface area (Å²) in [6, 6.07) is 9.08. The fraction of sp³-hybridized carbons (Fsp3) is 0.735. The van der Waals surface area contributed by atoms with Crippen LogP contribution in [0.3, 0.4) is 0 Å². The number of esters is 1. The number of hydrogen-bond donors (Lipinski definition) is 0. The summed E-state index contributed by atoms with van der Waals surface area (Å²) in [4.78, 5) is 25.2. The fourth-order valence-corrected chi connectivity index (χ4v) is 9.84. The van der Waals surface area contributed by atoms with Gasteiger partial charge in [-0.3, -0.25) is 10.1 Å². The molecule has 0 radical (unpaired) electrons. The highest BCUT2D eigenvalue weighted by molar-refractivity contribution is 5.89. The maximum atomic E-state index is 12.8. The summed E-state index contributed by atoms with van der Waals surface area (Å²) in [5.41, 5.74) is 2.10. The monoisotopic (exact) mass is 535 g/mol. The minimum atomic E-state index is -0.325. The predicted octanol–water partition coefficient (Wildman–Crippen LogP) is 8.86. The summed E-state index contributed by atoms with van der Waals surface area (Å²) < 4.78 is 5.91. The van der Waals surface area contributed by atoms with Crippen LogP contribution in [0, 0.1) is 56.5 Å². The van der Waals surface area contributed by atoms with E-state index in [1.807, 2.05) is 18.2 Å². The Labute approximate surface area is 235 Å². The summed E-state index contributed by atoms with van der Waals surface area (Å²) in [5, 5.41) is 12.5. The molecule has 0 heterocycles. The zero-order valence-electron chi connectivity index (χ0n) is 24.8. The molecule has 4 aliphatic carbocycles. The number of nitro groups is 1. The molecule has 1 aromatic rings. The van der Waals surface area contributed by atoms with Gasteiger partial charge < -0.3 is 4.74 Å². The number of ether oxygens (including phenoxy) is 1. The van der Waals surface area contributed by atoms with Crippen LogP contribution in [0.4, 0.5) is 0 Å². The van der Waals surface area contributed by atoms with Crippen molar-refractivity contribution >= 4 is 5.97 Å². The van der Waals surface area contributed by atoms with Gasteiger partial charge in [-0.1, -0.05) is 72.1 Å². The molecule has 0 aliphatic heterocycles. The first-order chi connectivity index (χ1) is 18.5. The summed E-state index contributed by atoms with van der Waals surface area (Å²) in [6.07, 6.45) is 11.3. The van der Waals surface area contributed by atoms with E-state index in [1.165, 1.54) is 44.9 Å². The highest BCUT2D eigenvalue weighted by Crippen LogP contribution is 2.68. The molecule has 0 unspecified atom stereocenters. The Bertz CT molecular complexity index is 1100. The van der Waals surface area contributed by atoms with Crippen LogP contribution in [0.1, 0.15) is 116 Å². The second kappa shape index (κ2) is 11.0. The van der Waals surface area contributed by atoms with Gasteiger partial charge in [-0.25, -0.2) is 4.79 Å². The molecule has 0 spiro atoms. The normalized spacial score (nSPS) is 36.6. The topological polar surface area (TPSA) is 69.4 Å². The molecular formula is C34H49NO4. The van der Waals surface area contributed by atoms with Gasteiger partial charge in [-0.05, 0) is 97.0 Å². The smallest absolute Gasteiger partial charge is 0.338 e. The summed E-state index contributed by atoms with van der Waals surface area (Å²) in [7, 11) is 0. The molecular weight excluding hydrogens is 486 g/mol. The first kappa shape index (κ1) is 28.4. The Morgan fingerprint density at radius 2 is 1.74 bits per heavy atom. The van der Waals surface area contributed by atoms with Gasteiger partial charge in [0.25, 0.3) is 0 Å². The molecule has 0 saturated heterocycles. The largest absolute Gasteiger partial charge is 0.458 e. The van der Waals surface area contributed by atoms with E-state index < -0.39 is 0 Å². The van der Waals surface area contributed by atoms with Gasteiger partial charge in [0, 0.05) is 18.4 Å². The molecule has 1 aromatic carbocycles. The highest BCUT2D eigenvalue weighted by Gasteiger charge is 2.62. The number of benzene rings is 1. The van der Waals surface area contributed by atoms with Crippen LogP contribution in [-0.4, -0.2) is 17.0 Å². The molecule has 0 aromatic heterocycles. The third kappa shape index (κ3) is 5.20. The Kier molecular flexibility index (Phi) is 8.01. The maximum Gasteiger partial charge on any atom is 0.338 e. The van der Waals surface area contributed by atoms with Gasteiger partial charge in [0.1, 0.15) is 6.10 Å². The molecule has 4 aliphatic rings. The van der Waals surface area contributed by atoms with Gasteiger partial charge in [0.05, 0.1) is 10.5 Å². The molecule has 5 rings (SSSR count). The Balaban J connectivity index is 1.35. The van der Waals surface area contributed by atoms with Crippen molar-refractivity contribution in [2.45, 2.75) is 111 Å². The third-order valence-electron chi connectivity index (χ3n) is 11.8. The zero-order chi connectivity index (χ0) is 27.9. The van der Waals surface area contributed by atoms with E-state index in [-0.39, 0.29) is 22.4 Å². The van der Waals surface area contributed by atoms with E-state index in [0.29, 0.717) is 47.3 Å². The highest BCUT2D eigenvalue weighted by atomic mass is 16.6. The molecule has 5 nitrogen and oxygen atoms in total. The first-order valence-corrected chi connectivity index (χ1v) is 15.7. The lowest BCUT2D eigenvalue weighted by Gasteiger charge is -2.58. The van der Waals surface area contributed by atoms with Crippen molar-refractivity contribution in [2.75, 3.05) is 0 Å². The molecule has 214 valence electrons. The van der Waals surface area contributed by atoms with Crippen molar-refractivity contribution < 1.29 is 14.5 Å². The van der Waals surface area contributed by atoms with E-state index >= 15 is 0 Å². The van der Waals surface area contributed by atoms with Gasteiger partial charge in [-0.15, -0.1) is 0 Å². The van der Waals surface area contributed by atoms with Gasteiger partial charge in [0.2, 0.25) is 5.70 Å².